The Balaban J connectivity index is 2.25. The molecule has 0 amide bonds. The van der Waals surface area contributed by atoms with E-state index in [1.807, 2.05) is 13.1 Å². The van der Waals surface area contributed by atoms with E-state index in [0.29, 0.717) is 6.04 Å². The predicted molar refractivity (Wildman–Crippen MR) is 69.6 cm³/mol. The molecule has 0 saturated carbocycles. The Morgan fingerprint density at radius 3 is 3.06 bits per heavy atom. The average molecular weight is 230 g/mol. The Bertz CT molecular complexity index is 544. The summed E-state index contributed by atoms with van der Waals surface area (Å²) in [6, 6.07) is 6.72. The van der Waals surface area contributed by atoms with Crippen molar-refractivity contribution in [2.24, 2.45) is 0 Å². The lowest BCUT2D eigenvalue weighted by atomic mass is 9.92. The van der Waals surface area contributed by atoms with Crippen LogP contribution in [0.2, 0.25) is 0 Å². The molecule has 3 rings (SSSR count). The summed E-state index contributed by atoms with van der Waals surface area (Å²) in [5.41, 5.74) is 3.95. The molecule has 1 unspecified atom stereocenters. The Morgan fingerprint density at radius 2 is 2.29 bits per heavy atom. The normalized spacial score (nSPS) is 19.3. The summed E-state index contributed by atoms with van der Waals surface area (Å²) in [5, 5.41) is 4.71. The van der Waals surface area contributed by atoms with Crippen LogP contribution in [0.1, 0.15) is 30.1 Å². The van der Waals surface area contributed by atoms with E-state index in [9.17, 15) is 0 Å². The monoisotopic (exact) mass is 230 g/mol. The Kier molecular flexibility index (Phi) is 2.56. The average Bonchev–Trinajstić information content (AvgIpc) is 2.77. The molecule has 0 bridgehead atoms. The van der Waals surface area contributed by atoms with Crippen molar-refractivity contribution in [2.75, 3.05) is 14.2 Å². The number of aromatic amines is 1. The lowest BCUT2D eigenvalue weighted by Gasteiger charge is -2.21. The van der Waals surface area contributed by atoms with Gasteiger partial charge in [0.1, 0.15) is 5.75 Å². The van der Waals surface area contributed by atoms with Gasteiger partial charge >= 0.3 is 0 Å². The molecule has 1 heterocycles. The number of benzene rings is 1. The first-order valence-electron chi connectivity index (χ1n) is 6.20. The predicted octanol–water partition coefficient (Wildman–Crippen LogP) is 2.77. The summed E-state index contributed by atoms with van der Waals surface area (Å²) >= 11 is 0. The minimum absolute atomic E-state index is 0.454. The zero-order valence-corrected chi connectivity index (χ0v) is 10.3. The largest absolute Gasteiger partial charge is 0.495 e. The van der Waals surface area contributed by atoms with Gasteiger partial charge in [0.15, 0.2) is 0 Å². The van der Waals surface area contributed by atoms with Crippen LogP contribution >= 0.6 is 0 Å². The highest BCUT2D eigenvalue weighted by Crippen LogP contribution is 2.37. The molecule has 3 heteroatoms. The van der Waals surface area contributed by atoms with Crippen LogP contribution in [0, 0.1) is 0 Å². The highest BCUT2D eigenvalue weighted by Gasteiger charge is 2.23. The van der Waals surface area contributed by atoms with Gasteiger partial charge in [-0.25, -0.2) is 0 Å². The molecule has 1 aliphatic carbocycles. The number of rotatable bonds is 2. The highest BCUT2D eigenvalue weighted by atomic mass is 16.5. The molecule has 2 aromatic rings. The zero-order valence-electron chi connectivity index (χ0n) is 10.3. The summed E-state index contributed by atoms with van der Waals surface area (Å²) in [7, 11) is 3.76. The standard InChI is InChI=1S/C14H18N2O/c1-15-11-7-3-5-9-10-6-4-8-12(17-2)14(10)16-13(9)11/h4,6,8,11,15-16H,3,5,7H2,1-2H3. The van der Waals surface area contributed by atoms with Crippen LogP contribution in [0.4, 0.5) is 0 Å². The summed E-state index contributed by atoms with van der Waals surface area (Å²) < 4.78 is 5.42. The fourth-order valence-electron chi connectivity index (χ4n) is 2.92. The summed E-state index contributed by atoms with van der Waals surface area (Å²) in [6.45, 7) is 0. The maximum absolute atomic E-state index is 5.42. The molecule has 2 N–H and O–H groups in total. The first-order valence-corrected chi connectivity index (χ1v) is 6.20. The number of hydrogen-bond acceptors (Lipinski definition) is 2. The zero-order chi connectivity index (χ0) is 11.8. The van der Waals surface area contributed by atoms with Crippen molar-refractivity contribution in [1.82, 2.24) is 10.3 Å². The number of aromatic nitrogens is 1. The number of methoxy groups -OCH3 is 1. The second-order valence-electron chi connectivity index (χ2n) is 4.63. The van der Waals surface area contributed by atoms with E-state index < -0.39 is 0 Å². The third kappa shape index (κ3) is 1.53. The molecule has 3 nitrogen and oxygen atoms in total. The highest BCUT2D eigenvalue weighted by molar-refractivity contribution is 5.90. The Hall–Kier alpha value is -1.48. The Labute approximate surface area is 101 Å². The van der Waals surface area contributed by atoms with Gasteiger partial charge < -0.3 is 15.0 Å². The SMILES string of the molecule is CNC1CCCc2c1[nH]c1c(OC)cccc21. The van der Waals surface area contributed by atoms with Gasteiger partial charge in [-0.3, -0.25) is 0 Å². The van der Waals surface area contributed by atoms with Crippen molar-refractivity contribution < 1.29 is 4.74 Å². The number of H-pyrrole nitrogens is 1. The van der Waals surface area contributed by atoms with Gasteiger partial charge in [-0.05, 0) is 37.9 Å². The van der Waals surface area contributed by atoms with Crippen molar-refractivity contribution in [3.8, 4) is 5.75 Å². The first-order chi connectivity index (χ1) is 8.35. The molecular formula is C14H18N2O. The fourth-order valence-corrected chi connectivity index (χ4v) is 2.92. The van der Waals surface area contributed by atoms with E-state index in [-0.39, 0.29) is 0 Å². The summed E-state index contributed by atoms with van der Waals surface area (Å²) in [6.07, 6.45) is 3.63. The lowest BCUT2D eigenvalue weighted by molar-refractivity contribution is 0.418. The molecule has 0 fully saturated rings. The molecule has 1 atom stereocenters. The minimum Gasteiger partial charge on any atom is -0.495 e. The molecule has 17 heavy (non-hydrogen) atoms. The number of nitrogens with one attached hydrogen (secondary N) is 2. The third-order valence-electron chi connectivity index (χ3n) is 3.77. The minimum atomic E-state index is 0.454. The lowest BCUT2D eigenvalue weighted by Crippen LogP contribution is -2.21. The smallest absolute Gasteiger partial charge is 0.142 e. The first kappa shape index (κ1) is 10.7. The van der Waals surface area contributed by atoms with Crippen LogP contribution in [0.5, 0.6) is 5.75 Å². The van der Waals surface area contributed by atoms with E-state index >= 15 is 0 Å². The van der Waals surface area contributed by atoms with E-state index in [1.165, 1.54) is 35.9 Å². The van der Waals surface area contributed by atoms with Crippen LogP contribution in [-0.2, 0) is 6.42 Å². The van der Waals surface area contributed by atoms with Gasteiger partial charge in [0, 0.05) is 17.1 Å². The van der Waals surface area contributed by atoms with Gasteiger partial charge in [-0.15, -0.1) is 0 Å². The molecule has 1 aromatic heterocycles. The van der Waals surface area contributed by atoms with Crippen LogP contribution in [0.25, 0.3) is 10.9 Å². The van der Waals surface area contributed by atoms with Gasteiger partial charge in [0.05, 0.1) is 12.6 Å². The van der Waals surface area contributed by atoms with Gasteiger partial charge in [0.2, 0.25) is 0 Å². The second kappa shape index (κ2) is 4.08. The number of hydrogen-bond donors (Lipinski definition) is 2. The van der Waals surface area contributed by atoms with Crippen molar-refractivity contribution in [3.05, 3.63) is 29.5 Å². The Morgan fingerprint density at radius 1 is 1.41 bits per heavy atom. The van der Waals surface area contributed by atoms with Gasteiger partial charge in [0.25, 0.3) is 0 Å². The van der Waals surface area contributed by atoms with Crippen LogP contribution in [-0.4, -0.2) is 19.1 Å². The van der Waals surface area contributed by atoms with Crippen molar-refractivity contribution in [3.63, 3.8) is 0 Å². The van der Waals surface area contributed by atoms with Crippen LogP contribution in [0.3, 0.4) is 0 Å². The van der Waals surface area contributed by atoms with Crippen LogP contribution in [0.15, 0.2) is 18.2 Å². The summed E-state index contributed by atoms with van der Waals surface area (Å²) in [5.74, 6) is 0.937. The second-order valence-corrected chi connectivity index (χ2v) is 4.63. The van der Waals surface area contributed by atoms with Gasteiger partial charge in [-0.2, -0.15) is 0 Å². The van der Waals surface area contributed by atoms with E-state index in [2.05, 4.69) is 22.4 Å². The number of ether oxygens (including phenoxy) is 1. The van der Waals surface area contributed by atoms with E-state index in [4.69, 9.17) is 4.74 Å². The maximum atomic E-state index is 5.42. The van der Waals surface area contributed by atoms with Crippen molar-refractivity contribution >= 4 is 10.9 Å². The number of aryl methyl sites for hydroxylation is 1. The topological polar surface area (TPSA) is 37.0 Å². The van der Waals surface area contributed by atoms with E-state index in [0.717, 1.165) is 11.3 Å². The van der Waals surface area contributed by atoms with E-state index in [1.54, 1.807) is 7.11 Å². The maximum Gasteiger partial charge on any atom is 0.142 e. The molecule has 0 aliphatic heterocycles. The molecule has 0 spiro atoms. The number of fused-ring (bicyclic) bond motifs is 3. The quantitative estimate of drug-likeness (QED) is 0.832. The summed E-state index contributed by atoms with van der Waals surface area (Å²) in [4.78, 5) is 3.55. The fraction of sp³-hybridized carbons (Fsp3) is 0.429. The van der Waals surface area contributed by atoms with Gasteiger partial charge in [-0.1, -0.05) is 12.1 Å². The van der Waals surface area contributed by atoms with Crippen LogP contribution < -0.4 is 10.1 Å². The molecule has 1 aliphatic rings. The van der Waals surface area contributed by atoms with Crippen molar-refractivity contribution in [2.45, 2.75) is 25.3 Å². The molecule has 0 radical (unpaired) electrons. The third-order valence-corrected chi connectivity index (χ3v) is 3.77. The molecular weight excluding hydrogens is 212 g/mol. The molecule has 90 valence electrons. The van der Waals surface area contributed by atoms with Crippen molar-refractivity contribution in [1.29, 1.82) is 0 Å². The number of para-hydroxylation sites is 1. The molecule has 1 aromatic carbocycles. The molecule has 0 saturated heterocycles.